The van der Waals surface area contributed by atoms with Crippen LogP contribution in [0.25, 0.3) is 0 Å². The van der Waals surface area contributed by atoms with E-state index in [0.717, 1.165) is 28.8 Å². The number of anilines is 3. The molecule has 0 atom stereocenters. The number of thioether (sulfide) groups is 1. The van der Waals surface area contributed by atoms with E-state index in [1.54, 1.807) is 12.3 Å². The number of carbonyl (C=O) groups is 1. The zero-order chi connectivity index (χ0) is 20.3. The number of furan rings is 1. The van der Waals surface area contributed by atoms with Crippen molar-refractivity contribution in [2.45, 2.75) is 25.5 Å². The minimum absolute atomic E-state index is 0.0395. The third-order valence-electron chi connectivity index (χ3n) is 4.17. The number of aromatic nitrogens is 3. The Balaban J connectivity index is 1.79. The minimum Gasteiger partial charge on any atom is -0.467 e. The molecule has 3 rings (SSSR count). The number of rotatable bonds is 6. The van der Waals surface area contributed by atoms with E-state index in [1.807, 2.05) is 24.5 Å². The van der Waals surface area contributed by atoms with Crippen molar-refractivity contribution >= 4 is 35.1 Å². The smallest absolute Gasteiger partial charge is 0.235 e. The van der Waals surface area contributed by atoms with Crippen molar-refractivity contribution in [3.05, 3.63) is 47.0 Å². The number of amides is 1. The average Bonchev–Trinajstić information content (AvgIpc) is 3.22. The first-order chi connectivity index (χ1) is 13.4. The molecule has 28 heavy (non-hydrogen) atoms. The summed E-state index contributed by atoms with van der Waals surface area (Å²) in [6.45, 7) is 4.14. The maximum atomic E-state index is 12.5. The second kappa shape index (κ2) is 8.06. The fraction of sp³-hybridized carbons (Fsp3) is 0.222. The average molecular weight is 397 g/mol. The molecule has 3 heterocycles. The molecule has 0 unspecified atom stereocenters. The lowest BCUT2D eigenvalue weighted by Gasteiger charge is -2.12. The highest BCUT2D eigenvalue weighted by atomic mass is 32.2. The first kappa shape index (κ1) is 19.3. The number of nitrogens with two attached hydrogens (primary N) is 2. The van der Waals surface area contributed by atoms with Crippen molar-refractivity contribution in [1.82, 2.24) is 14.5 Å². The molecule has 3 aromatic rings. The summed E-state index contributed by atoms with van der Waals surface area (Å²) in [6, 6.07) is 7.24. The molecule has 0 aliphatic carbocycles. The van der Waals surface area contributed by atoms with Gasteiger partial charge in [0, 0.05) is 11.8 Å². The van der Waals surface area contributed by atoms with E-state index >= 15 is 0 Å². The Labute approximate surface area is 165 Å². The maximum absolute atomic E-state index is 12.5. The molecule has 0 saturated carbocycles. The van der Waals surface area contributed by atoms with E-state index in [9.17, 15) is 10.1 Å². The molecule has 0 saturated heterocycles. The zero-order valence-corrected chi connectivity index (χ0v) is 16.2. The van der Waals surface area contributed by atoms with E-state index in [2.05, 4.69) is 21.4 Å². The summed E-state index contributed by atoms with van der Waals surface area (Å²) >= 11 is 1.11. The molecular formula is C18H19N7O2S. The summed E-state index contributed by atoms with van der Waals surface area (Å²) in [5.41, 5.74) is 13.4. The van der Waals surface area contributed by atoms with Gasteiger partial charge in [-0.05, 0) is 31.5 Å². The van der Waals surface area contributed by atoms with Crippen LogP contribution in [0.1, 0.15) is 22.6 Å². The Kier molecular flexibility index (Phi) is 5.56. The Hall–Kier alpha value is -3.45. The molecule has 10 heteroatoms. The van der Waals surface area contributed by atoms with Crippen LogP contribution < -0.4 is 16.8 Å². The molecule has 0 aromatic carbocycles. The van der Waals surface area contributed by atoms with E-state index in [1.165, 1.54) is 6.07 Å². The van der Waals surface area contributed by atoms with Crippen molar-refractivity contribution in [3.63, 3.8) is 0 Å². The SMILES string of the molecule is Cc1c(C#N)c(NC(=O)CSc2nc(N)cc(N)n2)n(Cc2ccco2)c1C. The van der Waals surface area contributed by atoms with Crippen LogP contribution in [0.2, 0.25) is 0 Å². The summed E-state index contributed by atoms with van der Waals surface area (Å²) in [7, 11) is 0. The normalized spacial score (nSPS) is 10.6. The van der Waals surface area contributed by atoms with Gasteiger partial charge in [0.25, 0.3) is 0 Å². The molecule has 5 N–H and O–H groups in total. The molecule has 0 spiro atoms. The zero-order valence-electron chi connectivity index (χ0n) is 15.4. The second-order valence-electron chi connectivity index (χ2n) is 6.05. The van der Waals surface area contributed by atoms with E-state index in [-0.39, 0.29) is 23.3 Å². The van der Waals surface area contributed by atoms with Crippen molar-refractivity contribution in [1.29, 1.82) is 5.26 Å². The Bertz CT molecular complexity index is 1030. The monoisotopic (exact) mass is 397 g/mol. The quantitative estimate of drug-likeness (QED) is 0.424. The number of carbonyl (C=O) groups excluding carboxylic acids is 1. The molecule has 144 valence electrons. The lowest BCUT2D eigenvalue weighted by molar-refractivity contribution is -0.113. The van der Waals surface area contributed by atoms with Gasteiger partial charge < -0.3 is 25.8 Å². The number of nitrogens with one attached hydrogen (secondary N) is 1. The molecular weight excluding hydrogens is 378 g/mol. The van der Waals surface area contributed by atoms with Crippen molar-refractivity contribution in [2.75, 3.05) is 22.5 Å². The topological polar surface area (TPSA) is 149 Å². The Morgan fingerprint density at radius 3 is 2.68 bits per heavy atom. The van der Waals surface area contributed by atoms with Crippen LogP contribution in [0.3, 0.4) is 0 Å². The summed E-state index contributed by atoms with van der Waals surface area (Å²) in [6.07, 6.45) is 1.58. The molecule has 1 amide bonds. The predicted octanol–water partition coefficient (Wildman–Crippen LogP) is 2.30. The highest BCUT2D eigenvalue weighted by Gasteiger charge is 2.20. The first-order valence-electron chi connectivity index (χ1n) is 8.34. The summed E-state index contributed by atoms with van der Waals surface area (Å²) in [5, 5.41) is 12.7. The minimum atomic E-state index is -0.302. The fourth-order valence-corrected chi connectivity index (χ4v) is 3.38. The Morgan fingerprint density at radius 2 is 2.07 bits per heavy atom. The summed E-state index contributed by atoms with van der Waals surface area (Å²) < 4.78 is 7.25. The van der Waals surface area contributed by atoms with Crippen LogP contribution in [0.4, 0.5) is 17.5 Å². The summed E-state index contributed by atoms with van der Waals surface area (Å²) in [5.74, 6) is 1.37. The standard InChI is InChI=1S/C18H19N7O2S/c1-10-11(2)25(8-12-4-3-5-27-12)17(13(10)7-19)24-16(26)9-28-18-22-14(20)6-15(21)23-18/h3-6H,8-9H2,1-2H3,(H,24,26)(H4,20,21,22,23). The second-order valence-corrected chi connectivity index (χ2v) is 6.99. The van der Waals surface area contributed by atoms with E-state index in [4.69, 9.17) is 15.9 Å². The van der Waals surface area contributed by atoms with Crippen molar-refractivity contribution in [2.24, 2.45) is 0 Å². The van der Waals surface area contributed by atoms with Crippen molar-refractivity contribution in [3.8, 4) is 6.07 Å². The van der Waals surface area contributed by atoms with Gasteiger partial charge in [0.05, 0.1) is 24.1 Å². The van der Waals surface area contributed by atoms with Gasteiger partial charge in [-0.1, -0.05) is 11.8 Å². The van der Waals surface area contributed by atoms with Gasteiger partial charge in [-0.2, -0.15) is 5.26 Å². The number of nitrogens with zero attached hydrogens (tertiary/aromatic N) is 4. The molecule has 0 radical (unpaired) electrons. The maximum Gasteiger partial charge on any atom is 0.235 e. The molecule has 0 fully saturated rings. The van der Waals surface area contributed by atoms with Gasteiger partial charge in [-0.15, -0.1) is 0 Å². The van der Waals surface area contributed by atoms with Crippen molar-refractivity contribution < 1.29 is 9.21 Å². The molecule has 0 bridgehead atoms. The van der Waals surface area contributed by atoms with Gasteiger partial charge >= 0.3 is 0 Å². The molecule has 0 aliphatic heterocycles. The highest BCUT2D eigenvalue weighted by molar-refractivity contribution is 7.99. The Morgan fingerprint density at radius 1 is 1.36 bits per heavy atom. The van der Waals surface area contributed by atoms with Gasteiger partial charge in [0.2, 0.25) is 5.91 Å². The molecule has 9 nitrogen and oxygen atoms in total. The number of nitrogen functional groups attached to an aromatic ring is 2. The lowest BCUT2D eigenvalue weighted by atomic mass is 10.2. The van der Waals surface area contributed by atoms with Crippen LogP contribution in [0.15, 0.2) is 34.0 Å². The first-order valence-corrected chi connectivity index (χ1v) is 9.32. The fourth-order valence-electron chi connectivity index (χ4n) is 2.71. The number of hydrogen-bond acceptors (Lipinski definition) is 8. The molecule has 0 aliphatic rings. The third-order valence-corrected chi connectivity index (χ3v) is 5.02. The van der Waals surface area contributed by atoms with Crippen LogP contribution in [-0.4, -0.2) is 26.2 Å². The largest absolute Gasteiger partial charge is 0.467 e. The van der Waals surface area contributed by atoms with Gasteiger partial charge in [-0.3, -0.25) is 4.79 Å². The van der Waals surface area contributed by atoms with Crippen LogP contribution in [-0.2, 0) is 11.3 Å². The lowest BCUT2D eigenvalue weighted by Crippen LogP contribution is -2.18. The van der Waals surface area contributed by atoms with Crippen LogP contribution >= 0.6 is 11.8 Å². The van der Waals surface area contributed by atoms with E-state index < -0.39 is 0 Å². The van der Waals surface area contributed by atoms with Gasteiger partial charge in [0.15, 0.2) is 5.16 Å². The highest BCUT2D eigenvalue weighted by Crippen LogP contribution is 2.28. The van der Waals surface area contributed by atoms with E-state index in [0.29, 0.717) is 23.1 Å². The summed E-state index contributed by atoms with van der Waals surface area (Å²) in [4.78, 5) is 20.6. The number of hydrogen-bond donors (Lipinski definition) is 3. The van der Waals surface area contributed by atoms with Crippen LogP contribution in [0, 0.1) is 25.2 Å². The number of nitriles is 1. The predicted molar refractivity (Wildman–Crippen MR) is 107 cm³/mol. The van der Waals surface area contributed by atoms with Crippen LogP contribution in [0.5, 0.6) is 0 Å². The van der Waals surface area contributed by atoms with Gasteiger partial charge in [-0.25, -0.2) is 9.97 Å². The molecule has 3 aromatic heterocycles. The van der Waals surface area contributed by atoms with Gasteiger partial charge in [0.1, 0.15) is 29.3 Å². The third kappa shape index (κ3) is 4.10.